The number of aromatic hydroxyl groups is 1. The van der Waals surface area contributed by atoms with Gasteiger partial charge in [0.15, 0.2) is 0 Å². The van der Waals surface area contributed by atoms with Gasteiger partial charge in [-0.25, -0.2) is 4.39 Å². The van der Waals surface area contributed by atoms with Crippen LogP contribution in [0.15, 0.2) is 41.4 Å². The van der Waals surface area contributed by atoms with E-state index in [0.717, 1.165) is 4.90 Å². The summed E-state index contributed by atoms with van der Waals surface area (Å²) in [7, 11) is 3.83. The van der Waals surface area contributed by atoms with Gasteiger partial charge in [-0.1, -0.05) is 29.3 Å². The van der Waals surface area contributed by atoms with Crippen molar-refractivity contribution in [1.29, 1.82) is 0 Å². The Labute approximate surface area is 145 Å². The molecule has 3 nitrogen and oxygen atoms in total. The number of phenols is 1. The monoisotopic (exact) mass is 355 g/mol. The zero-order chi connectivity index (χ0) is 17.0. The summed E-state index contributed by atoms with van der Waals surface area (Å²) in [5.74, 6) is -0.250. The lowest BCUT2D eigenvalue weighted by Gasteiger charge is -2.21. The minimum atomic E-state index is -0.343. The SMILES string of the molecule is C[NH+](C)[C@@H](CN=Cc1cc(Cl)ccc1O)c1c(F)cccc1Cl. The largest absolute Gasteiger partial charge is 0.507 e. The summed E-state index contributed by atoms with van der Waals surface area (Å²) in [5.41, 5.74) is 0.964. The van der Waals surface area contributed by atoms with E-state index >= 15 is 0 Å². The molecular weight excluding hydrogens is 338 g/mol. The third-order valence-electron chi connectivity index (χ3n) is 3.55. The molecule has 1 atom stereocenters. The minimum absolute atomic E-state index is 0.0934. The maximum Gasteiger partial charge on any atom is 0.137 e. The molecule has 0 radical (unpaired) electrons. The first-order valence-electron chi connectivity index (χ1n) is 7.12. The summed E-state index contributed by atoms with van der Waals surface area (Å²) in [4.78, 5) is 5.34. The van der Waals surface area contributed by atoms with E-state index in [1.54, 1.807) is 24.3 Å². The molecule has 0 bridgehead atoms. The second-order valence-corrected chi connectivity index (χ2v) is 6.31. The van der Waals surface area contributed by atoms with Crippen LogP contribution < -0.4 is 4.90 Å². The predicted octanol–water partition coefficient (Wildman–Crippen LogP) is 3.14. The van der Waals surface area contributed by atoms with Crippen LogP contribution >= 0.6 is 23.2 Å². The lowest BCUT2D eigenvalue weighted by molar-refractivity contribution is -0.890. The van der Waals surface area contributed by atoms with Crippen LogP contribution in [-0.2, 0) is 0 Å². The first-order valence-corrected chi connectivity index (χ1v) is 7.88. The molecule has 23 heavy (non-hydrogen) atoms. The Morgan fingerprint density at radius 1 is 1.26 bits per heavy atom. The summed E-state index contributed by atoms with van der Waals surface area (Å²) >= 11 is 12.0. The van der Waals surface area contributed by atoms with Crippen LogP contribution in [0.3, 0.4) is 0 Å². The second-order valence-electron chi connectivity index (χ2n) is 5.46. The van der Waals surface area contributed by atoms with Crippen LogP contribution in [0.2, 0.25) is 10.0 Å². The molecule has 0 saturated carbocycles. The molecule has 2 rings (SSSR count). The molecule has 2 aromatic carbocycles. The van der Waals surface area contributed by atoms with E-state index in [0.29, 0.717) is 27.7 Å². The second kappa shape index (κ2) is 7.77. The molecule has 0 saturated heterocycles. The number of hydrogen-bond donors (Lipinski definition) is 2. The van der Waals surface area contributed by atoms with Crippen LogP contribution in [-0.4, -0.2) is 32.0 Å². The van der Waals surface area contributed by atoms with Crippen LogP contribution in [0.4, 0.5) is 4.39 Å². The van der Waals surface area contributed by atoms with Gasteiger partial charge in [0.25, 0.3) is 0 Å². The van der Waals surface area contributed by atoms with E-state index in [2.05, 4.69) is 4.99 Å². The number of phenolic OH excluding ortho intramolecular Hbond substituents is 1. The van der Waals surface area contributed by atoms with Crippen molar-refractivity contribution in [3.63, 3.8) is 0 Å². The Hall–Kier alpha value is -1.62. The minimum Gasteiger partial charge on any atom is -0.507 e. The number of halogens is 3. The Balaban J connectivity index is 2.24. The van der Waals surface area contributed by atoms with Crippen LogP contribution in [0.25, 0.3) is 0 Å². The molecule has 0 amide bonds. The average molecular weight is 356 g/mol. The van der Waals surface area contributed by atoms with Crippen molar-refractivity contribution in [1.82, 2.24) is 0 Å². The van der Waals surface area contributed by atoms with E-state index < -0.39 is 0 Å². The maximum atomic E-state index is 14.1. The number of likely N-dealkylation sites (N-methyl/N-ethyl adjacent to an activating group) is 1. The summed E-state index contributed by atoms with van der Waals surface area (Å²) < 4.78 is 14.1. The highest BCUT2D eigenvalue weighted by molar-refractivity contribution is 6.31. The topological polar surface area (TPSA) is 37.0 Å². The number of aliphatic imine (C=N–C) groups is 1. The third-order valence-corrected chi connectivity index (χ3v) is 4.12. The molecule has 2 aromatic rings. The Kier molecular flexibility index (Phi) is 5.99. The fourth-order valence-electron chi connectivity index (χ4n) is 2.29. The van der Waals surface area contributed by atoms with Crippen molar-refractivity contribution < 1.29 is 14.4 Å². The molecule has 0 aliphatic carbocycles. The third kappa shape index (κ3) is 4.44. The standard InChI is InChI=1S/C17H17Cl2FN2O/c1-22(2)15(17-13(19)4-3-5-14(17)20)10-21-9-11-8-12(18)6-7-16(11)23/h3-9,15,23H,10H2,1-2H3/p+1/t15-/m0/s1. The molecule has 0 spiro atoms. The first-order chi connectivity index (χ1) is 10.9. The Morgan fingerprint density at radius 2 is 2.00 bits per heavy atom. The van der Waals surface area contributed by atoms with Crippen molar-refractivity contribution in [2.45, 2.75) is 6.04 Å². The van der Waals surface area contributed by atoms with Gasteiger partial charge in [0.2, 0.25) is 0 Å². The van der Waals surface area contributed by atoms with Gasteiger partial charge in [-0.15, -0.1) is 0 Å². The summed E-state index contributed by atoms with van der Waals surface area (Å²) in [6.45, 7) is 0.328. The highest BCUT2D eigenvalue weighted by Gasteiger charge is 2.23. The van der Waals surface area contributed by atoms with Gasteiger partial charge in [0.1, 0.15) is 17.6 Å². The van der Waals surface area contributed by atoms with Crippen molar-refractivity contribution in [3.8, 4) is 5.75 Å². The van der Waals surface area contributed by atoms with E-state index in [1.165, 1.54) is 18.3 Å². The highest BCUT2D eigenvalue weighted by atomic mass is 35.5. The van der Waals surface area contributed by atoms with Gasteiger partial charge < -0.3 is 10.0 Å². The fraction of sp³-hybridized carbons (Fsp3) is 0.235. The van der Waals surface area contributed by atoms with Crippen LogP contribution in [0.1, 0.15) is 17.2 Å². The smallest absolute Gasteiger partial charge is 0.137 e. The lowest BCUT2D eigenvalue weighted by Crippen LogP contribution is -3.06. The molecular formula is C17H18Cl2FN2O+. The van der Waals surface area contributed by atoms with Crippen molar-refractivity contribution in [2.24, 2.45) is 4.99 Å². The number of quaternary nitrogens is 1. The molecule has 0 aliphatic rings. The van der Waals surface area contributed by atoms with Gasteiger partial charge in [0.05, 0.1) is 31.2 Å². The normalized spacial score (nSPS) is 13.0. The molecule has 0 aliphatic heterocycles. The highest BCUT2D eigenvalue weighted by Crippen LogP contribution is 2.25. The van der Waals surface area contributed by atoms with Crippen LogP contribution in [0.5, 0.6) is 5.75 Å². The van der Waals surface area contributed by atoms with Gasteiger partial charge in [-0.2, -0.15) is 0 Å². The number of hydrogen-bond acceptors (Lipinski definition) is 2. The van der Waals surface area contributed by atoms with Gasteiger partial charge in [-0.3, -0.25) is 4.99 Å². The van der Waals surface area contributed by atoms with E-state index in [-0.39, 0.29) is 17.6 Å². The molecule has 0 fully saturated rings. The molecule has 6 heteroatoms. The lowest BCUT2D eigenvalue weighted by atomic mass is 10.1. The van der Waals surface area contributed by atoms with Gasteiger partial charge in [0, 0.05) is 16.8 Å². The Bertz CT molecular complexity index is 699. The quantitative estimate of drug-likeness (QED) is 0.794. The van der Waals surface area contributed by atoms with Crippen molar-refractivity contribution >= 4 is 29.4 Å². The molecule has 0 unspecified atom stereocenters. The van der Waals surface area contributed by atoms with E-state index in [4.69, 9.17) is 23.2 Å². The zero-order valence-corrected chi connectivity index (χ0v) is 14.4. The predicted molar refractivity (Wildman–Crippen MR) is 92.5 cm³/mol. The molecule has 0 aromatic heterocycles. The first kappa shape index (κ1) is 17.7. The molecule has 0 heterocycles. The number of rotatable bonds is 5. The van der Waals surface area contributed by atoms with E-state index in [9.17, 15) is 9.50 Å². The summed E-state index contributed by atoms with van der Waals surface area (Å²) in [5, 5.41) is 10.7. The summed E-state index contributed by atoms with van der Waals surface area (Å²) in [6.07, 6.45) is 1.53. The number of benzene rings is 2. The number of nitrogens with one attached hydrogen (secondary N) is 1. The fourth-order valence-corrected chi connectivity index (χ4v) is 2.77. The average Bonchev–Trinajstić information content (AvgIpc) is 2.48. The summed E-state index contributed by atoms with van der Waals surface area (Å²) in [6, 6.07) is 9.13. The zero-order valence-electron chi connectivity index (χ0n) is 12.9. The molecule has 2 N–H and O–H groups in total. The van der Waals surface area contributed by atoms with Crippen LogP contribution in [0, 0.1) is 5.82 Å². The van der Waals surface area contributed by atoms with Gasteiger partial charge >= 0.3 is 0 Å². The maximum absolute atomic E-state index is 14.1. The Morgan fingerprint density at radius 3 is 2.65 bits per heavy atom. The number of nitrogens with zero attached hydrogens (tertiary/aromatic N) is 1. The molecule has 122 valence electrons. The van der Waals surface area contributed by atoms with E-state index in [1.807, 2.05) is 14.1 Å². The van der Waals surface area contributed by atoms with Crippen molar-refractivity contribution in [2.75, 3.05) is 20.6 Å². The van der Waals surface area contributed by atoms with Crippen molar-refractivity contribution in [3.05, 3.63) is 63.4 Å². The van der Waals surface area contributed by atoms with Gasteiger partial charge in [-0.05, 0) is 30.3 Å².